The summed E-state index contributed by atoms with van der Waals surface area (Å²) in [6, 6.07) is 15.2. The van der Waals surface area contributed by atoms with Gasteiger partial charge in [0, 0.05) is 54.6 Å². The lowest BCUT2D eigenvalue weighted by Crippen LogP contribution is -2.54. The lowest BCUT2D eigenvalue weighted by Gasteiger charge is -2.40. The largest absolute Gasteiger partial charge is 0.508 e. The van der Waals surface area contributed by atoms with Crippen LogP contribution in [0.2, 0.25) is 0 Å². The van der Waals surface area contributed by atoms with E-state index >= 15 is 0 Å². The Bertz CT molecular complexity index is 1130. The van der Waals surface area contributed by atoms with Crippen LogP contribution in [0.4, 0.5) is 17.4 Å². The molecule has 1 aromatic heterocycles. The van der Waals surface area contributed by atoms with Gasteiger partial charge in [0.25, 0.3) is 11.7 Å². The first kappa shape index (κ1) is 23.2. The van der Waals surface area contributed by atoms with Gasteiger partial charge in [-0.25, -0.2) is 4.98 Å². The Morgan fingerprint density at radius 1 is 1.00 bits per heavy atom. The maximum atomic E-state index is 11.0. The molecule has 1 aliphatic heterocycles. The van der Waals surface area contributed by atoms with Crippen LogP contribution in [0, 0.1) is 10.1 Å². The number of phenols is 1. The van der Waals surface area contributed by atoms with Crippen LogP contribution in [-0.4, -0.2) is 46.2 Å². The molecule has 1 saturated heterocycles. The summed E-state index contributed by atoms with van der Waals surface area (Å²) in [5.41, 5.74) is 2.02. The number of nitro benzene ring substituents is 1. The number of piperidine rings is 1. The van der Waals surface area contributed by atoms with Gasteiger partial charge >= 0.3 is 0 Å². The average molecular weight is 478 g/mol. The van der Waals surface area contributed by atoms with Crippen LogP contribution in [0.25, 0.3) is 11.3 Å². The Balaban J connectivity index is 1.21. The SMILES string of the molecule is O=[N+]([O-])c1ccc(N2CCC[C@H](N[C@@H]3CCCC[C@H]3Nc3ncc(-c4ccc(O)cc4)o3)C2)cc1. The standard InChI is InChI=1S/C26H31N5O4/c32-22-13-7-18(8-14-22)25-16-27-26(35-25)29-24-6-2-1-5-23(24)28-19-4-3-15-30(17-19)20-9-11-21(12-10-20)31(33)34/h7-14,16,19,23-24,28,32H,1-6,15,17H2,(H,27,29)/t19-,23+,24+/m0/s1. The van der Waals surface area contributed by atoms with Crippen molar-refractivity contribution in [3.63, 3.8) is 0 Å². The number of nitrogens with zero attached hydrogens (tertiary/aromatic N) is 3. The van der Waals surface area contributed by atoms with Crippen molar-refractivity contribution in [3.05, 3.63) is 64.8 Å². The predicted octanol–water partition coefficient (Wildman–Crippen LogP) is 4.94. The molecule has 0 amide bonds. The number of hydrogen-bond donors (Lipinski definition) is 3. The zero-order valence-corrected chi connectivity index (χ0v) is 19.6. The lowest BCUT2D eigenvalue weighted by molar-refractivity contribution is -0.384. The number of non-ortho nitro benzene ring substituents is 1. The molecule has 3 aromatic rings. The second-order valence-electron chi connectivity index (χ2n) is 9.44. The number of aromatic nitrogens is 1. The fraction of sp³-hybridized carbons (Fsp3) is 0.423. The molecule has 2 heterocycles. The summed E-state index contributed by atoms with van der Waals surface area (Å²) in [5, 5.41) is 27.9. The number of nitro groups is 1. The molecule has 0 spiro atoms. The van der Waals surface area contributed by atoms with Gasteiger partial charge in [-0.2, -0.15) is 0 Å². The molecule has 9 heteroatoms. The van der Waals surface area contributed by atoms with Crippen LogP contribution in [0.15, 0.2) is 59.1 Å². The molecule has 0 radical (unpaired) electrons. The van der Waals surface area contributed by atoms with Gasteiger partial charge in [-0.15, -0.1) is 0 Å². The number of hydrogen-bond acceptors (Lipinski definition) is 8. The molecular weight excluding hydrogens is 446 g/mol. The van der Waals surface area contributed by atoms with Crippen LogP contribution < -0.4 is 15.5 Å². The molecule has 1 aliphatic carbocycles. The van der Waals surface area contributed by atoms with Crippen LogP contribution in [-0.2, 0) is 0 Å². The molecular formula is C26H31N5O4. The fourth-order valence-corrected chi connectivity index (χ4v) is 5.20. The van der Waals surface area contributed by atoms with E-state index in [2.05, 4.69) is 20.5 Å². The van der Waals surface area contributed by atoms with Crippen molar-refractivity contribution in [2.24, 2.45) is 0 Å². The first-order valence-electron chi connectivity index (χ1n) is 12.3. The molecule has 9 nitrogen and oxygen atoms in total. The van der Waals surface area contributed by atoms with Crippen molar-refractivity contribution in [2.45, 2.75) is 56.7 Å². The van der Waals surface area contributed by atoms with Crippen LogP contribution in [0.3, 0.4) is 0 Å². The highest BCUT2D eigenvalue weighted by atomic mass is 16.6. The molecule has 35 heavy (non-hydrogen) atoms. The molecule has 0 unspecified atom stereocenters. The third kappa shape index (κ3) is 5.57. The first-order chi connectivity index (χ1) is 17.0. The van der Waals surface area contributed by atoms with Gasteiger partial charge < -0.3 is 25.1 Å². The fourth-order valence-electron chi connectivity index (χ4n) is 5.20. The highest BCUT2D eigenvalue weighted by Gasteiger charge is 2.30. The highest BCUT2D eigenvalue weighted by molar-refractivity contribution is 5.58. The van der Waals surface area contributed by atoms with E-state index in [1.165, 1.54) is 12.8 Å². The van der Waals surface area contributed by atoms with E-state index in [1.54, 1.807) is 30.5 Å². The van der Waals surface area contributed by atoms with Gasteiger partial charge in [0.05, 0.1) is 11.1 Å². The van der Waals surface area contributed by atoms with Crippen molar-refractivity contribution in [2.75, 3.05) is 23.3 Å². The molecule has 2 aliphatic rings. The van der Waals surface area contributed by atoms with E-state index in [-0.39, 0.29) is 22.4 Å². The van der Waals surface area contributed by atoms with Gasteiger partial charge in [-0.05, 0) is 62.1 Å². The number of nitrogens with one attached hydrogen (secondary N) is 2. The molecule has 3 atom stereocenters. The van der Waals surface area contributed by atoms with E-state index in [4.69, 9.17) is 4.42 Å². The highest BCUT2D eigenvalue weighted by Crippen LogP contribution is 2.28. The summed E-state index contributed by atoms with van der Waals surface area (Å²) in [4.78, 5) is 17.4. The van der Waals surface area contributed by atoms with Crippen LogP contribution in [0.5, 0.6) is 5.75 Å². The van der Waals surface area contributed by atoms with Gasteiger partial charge in [0.15, 0.2) is 5.76 Å². The summed E-state index contributed by atoms with van der Waals surface area (Å²) >= 11 is 0. The number of benzene rings is 2. The normalized spacial score (nSPS) is 22.6. The summed E-state index contributed by atoms with van der Waals surface area (Å²) in [6.45, 7) is 1.84. The molecule has 2 aromatic carbocycles. The second kappa shape index (κ2) is 10.4. The van der Waals surface area contributed by atoms with Gasteiger partial charge in [-0.3, -0.25) is 10.1 Å². The number of phenolic OH excluding ortho intramolecular Hbond substituents is 1. The maximum absolute atomic E-state index is 11.0. The Morgan fingerprint density at radius 3 is 2.49 bits per heavy atom. The van der Waals surface area contributed by atoms with Crippen LogP contribution >= 0.6 is 0 Å². The van der Waals surface area contributed by atoms with Crippen molar-refractivity contribution >= 4 is 17.4 Å². The predicted molar refractivity (Wildman–Crippen MR) is 135 cm³/mol. The summed E-state index contributed by atoms with van der Waals surface area (Å²) < 4.78 is 5.96. The minimum Gasteiger partial charge on any atom is -0.508 e. The van der Waals surface area contributed by atoms with Crippen molar-refractivity contribution < 1.29 is 14.4 Å². The molecule has 0 bridgehead atoms. The molecule has 3 N–H and O–H groups in total. The summed E-state index contributed by atoms with van der Waals surface area (Å²) in [7, 11) is 0. The second-order valence-corrected chi connectivity index (χ2v) is 9.44. The Labute approximate surface area is 204 Å². The zero-order chi connectivity index (χ0) is 24.2. The monoisotopic (exact) mass is 477 g/mol. The lowest BCUT2D eigenvalue weighted by atomic mass is 9.89. The Morgan fingerprint density at radius 2 is 1.74 bits per heavy atom. The van der Waals surface area contributed by atoms with Gasteiger partial charge in [0.2, 0.25) is 0 Å². The number of aromatic hydroxyl groups is 1. The van der Waals surface area contributed by atoms with E-state index in [1.807, 2.05) is 24.3 Å². The van der Waals surface area contributed by atoms with Crippen LogP contribution in [0.1, 0.15) is 38.5 Å². The third-order valence-electron chi connectivity index (χ3n) is 7.03. The van der Waals surface area contributed by atoms with Gasteiger partial charge in [-0.1, -0.05) is 12.8 Å². The van der Waals surface area contributed by atoms with E-state index in [0.29, 0.717) is 23.9 Å². The Hall–Kier alpha value is -3.59. The first-order valence-corrected chi connectivity index (χ1v) is 12.3. The summed E-state index contributed by atoms with van der Waals surface area (Å²) in [5.74, 6) is 0.886. The summed E-state index contributed by atoms with van der Waals surface area (Å²) in [6.07, 6.45) is 8.40. The minimum absolute atomic E-state index is 0.122. The number of rotatable bonds is 7. The maximum Gasteiger partial charge on any atom is 0.295 e. The van der Waals surface area contributed by atoms with E-state index in [0.717, 1.165) is 50.0 Å². The average Bonchev–Trinajstić information content (AvgIpc) is 3.34. The quantitative estimate of drug-likeness (QED) is 0.324. The molecule has 5 rings (SSSR count). The zero-order valence-electron chi connectivity index (χ0n) is 19.6. The number of oxazole rings is 1. The van der Waals surface area contributed by atoms with E-state index in [9.17, 15) is 15.2 Å². The Kier molecular flexibility index (Phi) is 6.85. The van der Waals surface area contributed by atoms with E-state index < -0.39 is 0 Å². The van der Waals surface area contributed by atoms with Crippen molar-refractivity contribution in [1.82, 2.24) is 10.3 Å². The smallest absolute Gasteiger partial charge is 0.295 e. The third-order valence-corrected chi connectivity index (χ3v) is 7.03. The topological polar surface area (TPSA) is 117 Å². The molecule has 184 valence electrons. The molecule has 1 saturated carbocycles. The minimum atomic E-state index is -0.359. The van der Waals surface area contributed by atoms with Gasteiger partial charge in [0.1, 0.15) is 5.75 Å². The number of anilines is 2. The van der Waals surface area contributed by atoms with Crippen molar-refractivity contribution in [1.29, 1.82) is 0 Å². The molecule has 2 fully saturated rings. The van der Waals surface area contributed by atoms with Crippen molar-refractivity contribution in [3.8, 4) is 17.1 Å².